The molecular formula is C24H29NO3Si. The van der Waals surface area contributed by atoms with Gasteiger partial charge in [-0.1, -0.05) is 39.0 Å². The molecule has 1 aromatic carbocycles. The number of carbonyl (C=O) groups is 2. The summed E-state index contributed by atoms with van der Waals surface area (Å²) in [4.78, 5) is 28.9. The second kappa shape index (κ2) is 6.84. The van der Waals surface area contributed by atoms with Crippen LogP contribution in [0.3, 0.4) is 0 Å². The maximum atomic E-state index is 12.9. The van der Waals surface area contributed by atoms with Crippen LogP contribution < -0.4 is 0 Å². The summed E-state index contributed by atoms with van der Waals surface area (Å²) in [5, 5.41) is 1.16. The van der Waals surface area contributed by atoms with Crippen LogP contribution in [-0.2, 0) is 14.0 Å². The monoisotopic (exact) mass is 407 g/mol. The molecule has 0 bridgehead atoms. The van der Waals surface area contributed by atoms with Crippen molar-refractivity contribution in [3.05, 3.63) is 60.0 Å². The molecule has 1 aromatic heterocycles. The third-order valence-corrected chi connectivity index (χ3v) is 11.3. The van der Waals surface area contributed by atoms with Gasteiger partial charge >= 0.3 is 0 Å². The normalized spacial score (nSPS) is 25.1. The molecule has 1 N–H and O–H groups in total. The van der Waals surface area contributed by atoms with Gasteiger partial charge in [0, 0.05) is 41.3 Å². The molecule has 0 radical (unpaired) electrons. The first kappa shape index (κ1) is 19.9. The minimum absolute atomic E-state index is 0.0314. The van der Waals surface area contributed by atoms with Gasteiger partial charge in [0.05, 0.1) is 5.76 Å². The van der Waals surface area contributed by atoms with Gasteiger partial charge in [0.25, 0.3) is 0 Å². The fourth-order valence-electron chi connectivity index (χ4n) is 4.23. The highest BCUT2D eigenvalue weighted by atomic mass is 28.4. The van der Waals surface area contributed by atoms with Gasteiger partial charge in [0.2, 0.25) is 8.32 Å². The Kier molecular flexibility index (Phi) is 4.69. The van der Waals surface area contributed by atoms with Crippen LogP contribution in [0.5, 0.6) is 0 Å². The number of carbonyl (C=O) groups excluding carboxylic acids is 2. The molecule has 5 heteroatoms. The number of rotatable bonds is 3. The van der Waals surface area contributed by atoms with E-state index in [9.17, 15) is 9.59 Å². The number of ketones is 2. The van der Waals surface area contributed by atoms with Gasteiger partial charge in [-0.05, 0) is 48.0 Å². The van der Waals surface area contributed by atoms with Crippen LogP contribution in [0.2, 0.25) is 18.1 Å². The molecule has 0 aliphatic heterocycles. The molecule has 0 spiro atoms. The summed E-state index contributed by atoms with van der Waals surface area (Å²) >= 11 is 0. The predicted molar refractivity (Wildman–Crippen MR) is 118 cm³/mol. The Morgan fingerprint density at radius 1 is 1.07 bits per heavy atom. The number of H-pyrrole nitrogens is 1. The van der Waals surface area contributed by atoms with Crippen LogP contribution in [0.1, 0.15) is 38.7 Å². The zero-order chi connectivity index (χ0) is 21.0. The fraction of sp³-hybridized carbons (Fsp3) is 0.417. The molecule has 29 heavy (non-hydrogen) atoms. The van der Waals surface area contributed by atoms with Crippen molar-refractivity contribution in [3.8, 4) is 0 Å². The molecule has 0 saturated heterocycles. The first-order chi connectivity index (χ1) is 13.6. The molecule has 4 nitrogen and oxygen atoms in total. The number of fused-ring (bicyclic) bond motifs is 2. The Morgan fingerprint density at radius 3 is 2.48 bits per heavy atom. The Labute approximate surface area is 173 Å². The quantitative estimate of drug-likeness (QED) is 0.683. The molecule has 3 atom stereocenters. The average Bonchev–Trinajstić information content (AvgIpc) is 3.07. The van der Waals surface area contributed by atoms with Gasteiger partial charge in [-0.3, -0.25) is 9.59 Å². The van der Waals surface area contributed by atoms with Gasteiger partial charge in [-0.25, -0.2) is 0 Å². The van der Waals surface area contributed by atoms with E-state index in [2.05, 4.69) is 51.0 Å². The van der Waals surface area contributed by atoms with Gasteiger partial charge in [-0.2, -0.15) is 0 Å². The van der Waals surface area contributed by atoms with Crippen LogP contribution in [0.25, 0.3) is 10.9 Å². The smallest absolute Gasteiger partial charge is 0.250 e. The van der Waals surface area contributed by atoms with E-state index in [1.165, 1.54) is 12.2 Å². The van der Waals surface area contributed by atoms with Crippen LogP contribution in [0, 0.1) is 11.8 Å². The lowest BCUT2D eigenvalue weighted by molar-refractivity contribution is -0.130. The van der Waals surface area contributed by atoms with E-state index in [0.29, 0.717) is 6.42 Å². The van der Waals surface area contributed by atoms with Gasteiger partial charge in [0.1, 0.15) is 0 Å². The summed E-state index contributed by atoms with van der Waals surface area (Å²) < 4.78 is 6.62. The molecule has 0 saturated carbocycles. The average molecular weight is 408 g/mol. The summed E-state index contributed by atoms with van der Waals surface area (Å²) in [5.41, 5.74) is 2.10. The standard InChI is InChI=1S/C24H29NO3Si/c1-24(2,3)29(4,5)28-15-12-17(19-14-25-20-9-7-6-8-16(19)20)23-18(13-15)21(26)10-11-22(23)27/h6-12,14,17-18,23,25H,13H2,1-5H3/t17-,18+,23+/m1/s1. The van der Waals surface area contributed by atoms with Gasteiger partial charge < -0.3 is 9.41 Å². The first-order valence-corrected chi connectivity index (χ1v) is 13.2. The minimum atomic E-state index is -2.05. The van der Waals surface area contributed by atoms with Gasteiger partial charge in [-0.15, -0.1) is 0 Å². The molecule has 1 heterocycles. The Balaban J connectivity index is 1.82. The number of hydrogen-bond donors (Lipinski definition) is 1. The lowest BCUT2D eigenvalue weighted by Crippen LogP contribution is -2.43. The van der Waals surface area contributed by atoms with Crippen molar-refractivity contribution < 1.29 is 14.0 Å². The predicted octanol–water partition coefficient (Wildman–Crippen LogP) is 5.50. The lowest BCUT2D eigenvalue weighted by atomic mass is 9.67. The van der Waals surface area contributed by atoms with Crippen molar-refractivity contribution in [1.82, 2.24) is 4.98 Å². The molecule has 2 aliphatic carbocycles. The largest absolute Gasteiger partial charge is 0.547 e. The first-order valence-electron chi connectivity index (χ1n) is 10.3. The fourth-order valence-corrected chi connectivity index (χ4v) is 5.34. The number of hydrogen-bond acceptors (Lipinski definition) is 3. The minimum Gasteiger partial charge on any atom is -0.547 e. The number of aromatic amines is 1. The van der Waals surface area contributed by atoms with Crippen LogP contribution in [0.4, 0.5) is 0 Å². The van der Waals surface area contributed by atoms with Crippen LogP contribution in [0.15, 0.2) is 54.4 Å². The van der Waals surface area contributed by atoms with Crippen LogP contribution >= 0.6 is 0 Å². The van der Waals surface area contributed by atoms with Crippen LogP contribution in [-0.4, -0.2) is 24.9 Å². The number of benzene rings is 1. The summed E-state index contributed by atoms with van der Waals surface area (Å²) in [6.45, 7) is 11.1. The highest BCUT2D eigenvalue weighted by Crippen LogP contribution is 2.47. The van der Waals surface area contributed by atoms with E-state index in [1.807, 2.05) is 24.4 Å². The van der Waals surface area contributed by atoms with E-state index in [-0.39, 0.29) is 34.4 Å². The topological polar surface area (TPSA) is 59.2 Å². The Morgan fingerprint density at radius 2 is 1.76 bits per heavy atom. The van der Waals surface area contributed by atoms with Crippen molar-refractivity contribution >= 4 is 30.8 Å². The van der Waals surface area contributed by atoms with Gasteiger partial charge in [0.15, 0.2) is 11.6 Å². The second-order valence-electron chi connectivity index (χ2n) is 9.79. The van der Waals surface area contributed by atoms with E-state index in [0.717, 1.165) is 22.2 Å². The summed E-state index contributed by atoms with van der Waals surface area (Å²) in [6.07, 6.45) is 7.50. The highest BCUT2D eigenvalue weighted by Gasteiger charge is 2.46. The highest BCUT2D eigenvalue weighted by molar-refractivity contribution is 6.74. The maximum absolute atomic E-state index is 12.9. The lowest BCUT2D eigenvalue weighted by Gasteiger charge is -2.41. The van der Waals surface area contributed by atoms with Crippen molar-refractivity contribution in [2.45, 2.75) is 51.2 Å². The molecule has 0 amide bonds. The Bertz CT molecular complexity index is 1040. The van der Waals surface area contributed by atoms with E-state index < -0.39 is 8.32 Å². The van der Waals surface area contributed by atoms with Crippen molar-refractivity contribution in [3.63, 3.8) is 0 Å². The summed E-state index contributed by atoms with van der Waals surface area (Å²) in [7, 11) is -2.05. The third kappa shape index (κ3) is 3.42. The molecule has 2 aromatic rings. The molecular weight excluding hydrogens is 378 g/mol. The molecule has 0 unspecified atom stereocenters. The van der Waals surface area contributed by atoms with E-state index in [4.69, 9.17) is 4.43 Å². The number of nitrogens with one attached hydrogen (secondary N) is 1. The van der Waals surface area contributed by atoms with Crippen molar-refractivity contribution in [2.75, 3.05) is 0 Å². The maximum Gasteiger partial charge on any atom is 0.250 e. The number of aromatic nitrogens is 1. The molecule has 152 valence electrons. The number of allylic oxidation sites excluding steroid dienone is 4. The van der Waals surface area contributed by atoms with Crippen molar-refractivity contribution in [1.29, 1.82) is 0 Å². The number of para-hydroxylation sites is 1. The molecule has 2 aliphatic rings. The second-order valence-corrected chi connectivity index (χ2v) is 14.5. The zero-order valence-electron chi connectivity index (χ0n) is 17.8. The summed E-state index contributed by atoms with van der Waals surface area (Å²) in [6, 6.07) is 8.10. The SMILES string of the molecule is CC(C)(C)[Si](C)(C)OC1=C[C@H](c2c[nH]c3ccccc23)[C@@H]2C(=O)C=CC(=O)[C@@H]2C1. The summed E-state index contributed by atoms with van der Waals surface area (Å²) in [5.74, 6) is 0.0430. The zero-order valence-corrected chi connectivity index (χ0v) is 18.8. The molecule has 0 fully saturated rings. The van der Waals surface area contributed by atoms with E-state index in [1.54, 1.807) is 0 Å². The van der Waals surface area contributed by atoms with Crippen molar-refractivity contribution in [2.24, 2.45) is 11.8 Å². The van der Waals surface area contributed by atoms with E-state index >= 15 is 0 Å². The third-order valence-electron chi connectivity index (χ3n) is 6.89. The Hall–Kier alpha value is -2.40. The molecule has 4 rings (SSSR count).